The van der Waals surface area contributed by atoms with E-state index in [1.54, 1.807) is 6.26 Å². The lowest BCUT2D eigenvalue weighted by atomic mass is 10.2. The SMILES string of the molecule is CCNC(=NCc1ccc(N2CCCCCC2)nc1)NCCc1ccco1.I. The zero-order chi connectivity index (χ0) is 18.7. The van der Waals surface area contributed by atoms with Gasteiger partial charge in [0.05, 0.1) is 12.8 Å². The zero-order valence-corrected chi connectivity index (χ0v) is 19.0. The van der Waals surface area contributed by atoms with Crippen LogP contribution in [0.4, 0.5) is 5.82 Å². The van der Waals surface area contributed by atoms with Crippen molar-refractivity contribution in [2.75, 3.05) is 31.1 Å². The molecule has 7 heteroatoms. The lowest BCUT2D eigenvalue weighted by Crippen LogP contribution is -2.38. The van der Waals surface area contributed by atoms with Crippen molar-refractivity contribution in [3.63, 3.8) is 0 Å². The number of aliphatic imine (C=N–C) groups is 1. The first-order valence-electron chi connectivity index (χ1n) is 10.1. The highest BCUT2D eigenvalue weighted by atomic mass is 127. The zero-order valence-electron chi connectivity index (χ0n) is 16.7. The standard InChI is InChI=1S/C21H31N5O.HI/c1-2-22-21(23-12-11-19-8-7-15-27-19)25-17-18-9-10-20(24-16-18)26-13-5-3-4-6-14-26;/h7-10,15-16H,2-6,11-14,17H2,1H3,(H2,22,23,25);1H. The van der Waals surface area contributed by atoms with Gasteiger partial charge >= 0.3 is 0 Å². The van der Waals surface area contributed by atoms with E-state index >= 15 is 0 Å². The van der Waals surface area contributed by atoms with E-state index in [4.69, 9.17) is 4.42 Å². The smallest absolute Gasteiger partial charge is 0.191 e. The summed E-state index contributed by atoms with van der Waals surface area (Å²) in [6, 6.07) is 8.18. The third kappa shape index (κ3) is 7.33. The van der Waals surface area contributed by atoms with Gasteiger partial charge in [-0.1, -0.05) is 18.9 Å². The minimum absolute atomic E-state index is 0. The van der Waals surface area contributed by atoms with Gasteiger partial charge in [-0.2, -0.15) is 0 Å². The maximum absolute atomic E-state index is 5.36. The fourth-order valence-electron chi connectivity index (χ4n) is 3.27. The molecule has 154 valence electrons. The second-order valence-electron chi connectivity index (χ2n) is 6.88. The highest BCUT2D eigenvalue weighted by Crippen LogP contribution is 2.17. The largest absolute Gasteiger partial charge is 0.469 e. The Labute approximate surface area is 185 Å². The number of rotatable bonds is 7. The van der Waals surface area contributed by atoms with Gasteiger partial charge in [0.2, 0.25) is 0 Å². The molecule has 28 heavy (non-hydrogen) atoms. The normalized spacial score (nSPS) is 14.9. The molecule has 0 unspecified atom stereocenters. The minimum atomic E-state index is 0. The Kier molecular flexibility index (Phi) is 10.2. The van der Waals surface area contributed by atoms with Gasteiger partial charge < -0.3 is 20.0 Å². The van der Waals surface area contributed by atoms with Gasteiger partial charge in [-0.15, -0.1) is 24.0 Å². The topological polar surface area (TPSA) is 65.7 Å². The number of pyridine rings is 1. The number of nitrogens with zero attached hydrogens (tertiary/aromatic N) is 3. The maximum Gasteiger partial charge on any atom is 0.191 e. The third-order valence-corrected chi connectivity index (χ3v) is 4.75. The van der Waals surface area contributed by atoms with Crippen molar-refractivity contribution in [2.45, 2.75) is 45.6 Å². The van der Waals surface area contributed by atoms with Crippen LogP contribution < -0.4 is 15.5 Å². The van der Waals surface area contributed by atoms with Crippen molar-refractivity contribution in [3.8, 4) is 0 Å². The van der Waals surface area contributed by atoms with E-state index in [-0.39, 0.29) is 24.0 Å². The second kappa shape index (κ2) is 12.6. The number of aromatic nitrogens is 1. The molecule has 2 aromatic rings. The molecule has 1 aliphatic heterocycles. The van der Waals surface area contributed by atoms with Crippen molar-refractivity contribution >= 4 is 35.8 Å². The summed E-state index contributed by atoms with van der Waals surface area (Å²) in [4.78, 5) is 11.7. The van der Waals surface area contributed by atoms with Crippen LogP contribution in [0.5, 0.6) is 0 Å². The van der Waals surface area contributed by atoms with E-state index in [0.717, 1.165) is 55.7 Å². The number of hydrogen-bond acceptors (Lipinski definition) is 4. The van der Waals surface area contributed by atoms with Crippen LogP contribution in [0.25, 0.3) is 0 Å². The second-order valence-corrected chi connectivity index (χ2v) is 6.88. The lowest BCUT2D eigenvalue weighted by Gasteiger charge is -2.21. The molecular weight excluding hydrogens is 465 g/mol. The number of anilines is 1. The Balaban J connectivity index is 0.00000280. The Morgan fingerprint density at radius 2 is 1.96 bits per heavy atom. The molecule has 1 aliphatic rings. The van der Waals surface area contributed by atoms with Crippen molar-refractivity contribution in [2.24, 2.45) is 4.99 Å². The summed E-state index contributed by atoms with van der Waals surface area (Å²) in [5, 5.41) is 6.63. The third-order valence-electron chi connectivity index (χ3n) is 4.75. The van der Waals surface area contributed by atoms with Gasteiger partial charge in [-0.25, -0.2) is 9.98 Å². The van der Waals surface area contributed by atoms with Crippen LogP contribution in [0.2, 0.25) is 0 Å². The van der Waals surface area contributed by atoms with Crippen molar-refractivity contribution in [1.82, 2.24) is 15.6 Å². The Bertz CT molecular complexity index is 679. The molecule has 2 N–H and O–H groups in total. The van der Waals surface area contributed by atoms with E-state index in [1.807, 2.05) is 18.3 Å². The Morgan fingerprint density at radius 1 is 1.14 bits per heavy atom. The molecule has 0 spiro atoms. The number of halogens is 1. The van der Waals surface area contributed by atoms with E-state index in [1.165, 1.54) is 25.7 Å². The number of nitrogens with one attached hydrogen (secondary N) is 2. The van der Waals surface area contributed by atoms with Crippen LogP contribution in [0.3, 0.4) is 0 Å². The molecular formula is C21H32IN5O. The molecule has 0 aliphatic carbocycles. The monoisotopic (exact) mass is 497 g/mol. The van der Waals surface area contributed by atoms with Crippen LogP contribution in [-0.2, 0) is 13.0 Å². The molecule has 2 aromatic heterocycles. The van der Waals surface area contributed by atoms with Crippen molar-refractivity contribution in [1.29, 1.82) is 0 Å². The fourth-order valence-corrected chi connectivity index (χ4v) is 3.27. The van der Waals surface area contributed by atoms with E-state index in [2.05, 4.69) is 44.6 Å². The van der Waals surface area contributed by atoms with Gasteiger partial charge in [-0.3, -0.25) is 0 Å². The van der Waals surface area contributed by atoms with Gasteiger partial charge in [0.15, 0.2) is 5.96 Å². The number of hydrogen-bond donors (Lipinski definition) is 2. The predicted molar refractivity (Wildman–Crippen MR) is 126 cm³/mol. The summed E-state index contributed by atoms with van der Waals surface area (Å²) in [7, 11) is 0. The Morgan fingerprint density at radius 3 is 2.61 bits per heavy atom. The van der Waals surface area contributed by atoms with Gasteiger partial charge in [0.1, 0.15) is 11.6 Å². The lowest BCUT2D eigenvalue weighted by molar-refractivity contribution is 0.507. The molecule has 0 amide bonds. The summed E-state index contributed by atoms with van der Waals surface area (Å²) >= 11 is 0. The van der Waals surface area contributed by atoms with Crippen LogP contribution in [-0.4, -0.2) is 37.1 Å². The average molecular weight is 497 g/mol. The average Bonchev–Trinajstić information content (AvgIpc) is 3.06. The quantitative estimate of drug-likeness (QED) is 0.345. The molecule has 0 bridgehead atoms. The summed E-state index contributed by atoms with van der Waals surface area (Å²) < 4.78 is 5.36. The molecule has 0 atom stereocenters. The van der Waals surface area contributed by atoms with Gasteiger partial charge in [0, 0.05) is 38.8 Å². The van der Waals surface area contributed by atoms with E-state index in [0.29, 0.717) is 6.54 Å². The van der Waals surface area contributed by atoms with E-state index in [9.17, 15) is 0 Å². The van der Waals surface area contributed by atoms with E-state index < -0.39 is 0 Å². The Hall–Kier alpha value is -1.77. The molecule has 0 saturated carbocycles. The van der Waals surface area contributed by atoms with Crippen LogP contribution >= 0.6 is 24.0 Å². The van der Waals surface area contributed by atoms with Crippen molar-refractivity contribution < 1.29 is 4.42 Å². The molecule has 1 saturated heterocycles. The molecule has 3 rings (SSSR count). The molecule has 3 heterocycles. The maximum atomic E-state index is 5.36. The summed E-state index contributed by atoms with van der Waals surface area (Å²) in [6.07, 6.45) is 9.70. The molecule has 0 aromatic carbocycles. The van der Waals surface area contributed by atoms with Crippen LogP contribution in [0.1, 0.15) is 43.9 Å². The van der Waals surface area contributed by atoms with Crippen molar-refractivity contribution in [3.05, 3.63) is 48.0 Å². The highest BCUT2D eigenvalue weighted by Gasteiger charge is 2.10. The minimum Gasteiger partial charge on any atom is -0.469 e. The summed E-state index contributed by atoms with van der Waals surface area (Å²) in [5.41, 5.74) is 1.12. The first-order valence-corrected chi connectivity index (χ1v) is 10.1. The first kappa shape index (κ1) is 22.5. The van der Waals surface area contributed by atoms with Crippen LogP contribution in [0, 0.1) is 0 Å². The number of guanidine groups is 1. The van der Waals surface area contributed by atoms with Crippen LogP contribution in [0.15, 0.2) is 46.1 Å². The predicted octanol–water partition coefficient (Wildman–Crippen LogP) is 3.97. The fraction of sp³-hybridized carbons (Fsp3) is 0.524. The molecule has 6 nitrogen and oxygen atoms in total. The highest BCUT2D eigenvalue weighted by molar-refractivity contribution is 14.0. The number of furan rings is 1. The molecule has 0 radical (unpaired) electrons. The van der Waals surface area contributed by atoms with Gasteiger partial charge in [-0.05, 0) is 43.5 Å². The molecule has 1 fully saturated rings. The first-order chi connectivity index (χ1) is 13.3. The van der Waals surface area contributed by atoms with Gasteiger partial charge in [0.25, 0.3) is 0 Å². The summed E-state index contributed by atoms with van der Waals surface area (Å²) in [6.45, 7) is 6.54. The summed E-state index contributed by atoms with van der Waals surface area (Å²) in [5.74, 6) is 2.89.